The van der Waals surface area contributed by atoms with E-state index < -0.39 is 0 Å². The third-order valence-electron chi connectivity index (χ3n) is 2.14. The van der Waals surface area contributed by atoms with Gasteiger partial charge in [0.2, 0.25) is 0 Å². The van der Waals surface area contributed by atoms with Crippen molar-refractivity contribution in [3.05, 3.63) is 56.9 Å². The summed E-state index contributed by atoms with van der Waals surface area (Å²) in [7, 11) is 0. The van der Waals surface area contributed by atoms with Crippen molar-refractivity contribution >= 4 is 15.9 Å². The van der Waals surface area contributed by atoms with Crippen molar-refractivity contribution in [2.45, 2.75) is 13.5 Å². The Morgan fingerprint density at radius 1 is 1.31 bits per heavy atom. The lowest BCUT2D eigenvalue weighted by Gasteiger charge is -2.05. The molecule has 0 aliphatic carbocycles. The molecular formula is C11H10BrN3O. The summed E-state index contributed by atoms with van der Waals surface area (Å²) < 4.78 is 2.01. The van der Waals surface area contributed by atoms with E-state index in [0.29, 0.717) is 11.0 Å². The highest BCUT2D eigenvalue weighted by atomic mass is 79.9. The van der Waals surface area contributed by atoms with Crippen molar-refractivity contribution in [3.63, 3.8) is 0 Å². The van der Waals surface area contributed by atoms with Crippen molar-refractivity contribution < 1.29 is 0 Å². The highest BCUT2D eigenvalue weighted by molar-refractivity contribution is 9.10. The van der Waals surface area contributed by atoms with Crippen molar-refractivity contribution in [2.75, 3.05) is 0 Å². The van der Waals surface area contributed by atoms with E-state index in [9.17, 15) is 4.79 Å². The molecule has 0 amide bonds. The second kappa shape index (κ2) is 4.57. The molecule has 2 heterocycles. The maximum absolute atomic E-state index is 11.7. The Hall–Kier alpha value is -1.49. The number of rotatable bonds is 2. The van der Waals surface area contributed by atoms with Gasteiger partial charge < -0.3 is 0 Å². The Balaban J connectivity index is 2.34. The maximum Gasteiger partial charge on any atom is 0.267 e. The van der Waals surface area contributed by atoms with Gasteiger partial charge in [-0.15, -0.1) is 0 Å². The standard InChI is InChI=1S/C11H10BrN3O/c1-8-2-9(4-13-3-8)6-15-7-14-5-10(12)11(15)16/h2-5,7H,6H2,1H3. The molecule has 4 nitrogen and oxygen atoms in total. The molecule has 5 heteroatoms. The van der Waals surface area contributed by atoms with Crippen LogP contribution >= 0.6 is 15.9 Å². The molecule has 82 valence electrons. The summed E-state index contributed by atoms with van der Waals surface area (Å²) in [6, 6.07) is 2.00. The van der Waals surface area contributed by atoms with Crippen LogP contribution in [0.3, 0.4) is 0 Å². The van der Waals surface area contributed by atoms with Gasteiger partial charge >= 0.3 is 0 Å². The molecule has 2 rings (SSSR count). The Kier molecular flexibility index (Phi) is 3.14. The molecule has 0 saturated carbocycles. The number of hydrogen-bond donors (Lipinski definition) is 0. The number of hydrogen-bond acceptors (Lipinski definition) is 3. The third kappa shape index (κ3) is 2.36. The molecule has 0 radical (unpaired) electrons. The molecule has 16 heavy (non-hydrogen) atoms. The molecule has 0 N–H and O–H groups in total. The van der Waals surface area contributed by atoms with Gasteiger partial charge in [-0.25, -0.2) is 4.98 Å². The van der Waals surface area contributed by atoms with Crippen LogP contribution < -0.4 is 5.56 Å². The van der Waals surface area contributed by atoms with E-state index in [1.807, 2.05) is 13.0 Å². The lowest BCUT2D eigenvalue weighted by Crippen LogP contribution is -2.21. The molecule has 2 aromatic heterocycles. The van der Waals surface area contributed by atoms with Gasteiger partial charge in [-0.05, 0) is 34.0 Å². The number of aryl methyl sites for hydroxylation is 1. The van der Waals surface area contributed by atoms with Crippen molar-refractivity contribution in [3.8, 4) is 0 Å². The van der Waals surface area contributed by atoms with Crippen LogP contribution in [0.15, 0.2) is 40.3 Å². The Morgan fingerprint density at radius 2 is 2.12 bits per heavy atom. The van der Waals surface area contributed by atoms with Crippen LogP contribution in [-0.4, -0.2) is 14.5 Å². The van der Waals surface area contributed by atoms with Gasteiger partial charge in [-0.3, -0.25) is 14.3 Å². The molecule has 2 aromatic rings. The smallest absolute Gasteiger partial charge is 0.267 e. The highest BCUT2D eigenvalue weighted by Crippen LogP contribution is 2.04. The first-order valence-corrected chi connectivity index (χ1v) is 5.56. The quantitative estimate of drug-likeness (QED) is 0.842. The van der Waals surface area contributed by atoms with Crippen LogP contribution in [0.5, 0.6) is 0 Å². The first-order valence-electron chi connectivity index (χ1n) is 4.77. The Bertz CT molecular complexity index is 565. The van der Waals surface area contributed by atoms with E-state index in [0.717, 1.165) is 11.1 Å². The van der Waals surface area contributed by atoms with Crippen LogP contribution in [0.2, 0.25) is 0 Å². The summed E-state index contributed by atoms with van der Waals surface area (Å²) in [5.74, 6) is 0. The van der Waals surface area contributed by atoms with Gasteiger partial charge in [0.25, 0.3) is 5.56 Å². The minimum Gasteiger partial charge on any atom is -0.294 e. The van der Waals surface area contributed by atoms with Crippen LogP contribution in [0.4, 0.5) is 0 Å². The average molecular weight is 280 g/mol. The summed E-state index contributed by atoms with van der Waals surface area (Å²) in [6.45, 7) is 2.46. The van der Waals surface area contributed by atoms with Crippen LogP contribution in [0, 0.1) is 6.92 Å². The van der Waals surface area contributed by atoms with Gasteiger partial charge in [-0.1, -0.05) is 6.07 Å². The molecular weight excluding hydrogens is 270 g/mol. The Morgan fingerprint density at radius 3 is 2.88 bits per heavy atom. The predicted octanol–water partition coefficient (Wildman–Crippen LogP) is 1.76. The number of halogens is 1. The Labute approximate surface area is 101 Å². The van der Waals surface area contributed by atoms with Gasteiger partial charge in [-0.2, -0.15) is 0 Å². The minimum atomic E-state index is -0.0866. The lowest BCUT2D eigenvalue weighted by atomic mass is 10.2. The average Bonchev–Trinajstić information content (AvgIpc) is 2.25. The largest absolute Gasteiger partial charge is 0.294 e. The molecule has 0 aromatic carbocycles. The minimum absolute atomic E-state index is 0.0866. The molecule has 0 spiro atoms. The van der Waals surface area contributed by atoms with Gasteiger partial charge in [0.1, 0.15) is 4.47 Å². The topological polar surface area (TPSA) is 47.8 Å². The molecule has 0 atom stereocenters. The first-order chi connectivity index (χ1) is 7.66. The lowest BCUT2D eigenvalue weighted by molar-refractivity contribution is 0.727. The number of pyridine rings is 1. The van der Waals surface area contributed by atoms with E-state index >= 15 is 0 Å². The summed E-state index contributed by atoms with van der Waals surface area (Å²) in [4.78, 5) is 19.8. The second-order valence-electron chi connectivity index (χ2n) is 3.55. The molecule has 0 bridgehead atoms. The van der Waals surface area contributed by atoms with Gasteiger partial charge in [0.05, 0.1) is 12.9 Å². The zero-order valence-corrected chi connectivity index (χ0v) is 10.3. The van der Waals surface area contributed by atoms with E-state index in [2.05, 4.69) is 25.9 Å². The van der Waals surface area contributed by atoms with E-state index in [1.54, 1.807) is 17.0 Å². The summed E-state index contributed by atoms with van der Waals surface area (Å²) in [6.07, 6.45) is 6.55. The fourth-order valence-electron chi connectivity index (χ4n) is 1.44. The maximum atomic E-state index is 11.7. The van der Waals surface area contributed by atoms with Crippen molar-refractivity contribution in [2.24, 2.45) is 0 Å². The SMILES string of the molecule is Cc1cncc(Cn2cncc(Br)c2=O)c1. The van der Waals surface area contributed by atoms with E-state index in [-0.39, 0.29) is 5.56 Å². The molecule has 0 aliphatic heterocycles. The fraction of sp³-hybridized carbons (Fsp3) is 0.182. The number of aromatic nitrogens is 3. The van der Waals surface area contributed by atoms with Gasteiger partial charge in [0, 0.05) is 18.6 Å². The molecule has 0 saturated heterocycles. The summed E-state index contributed by atoms with van der Waals surface area (Å²) in [5.41, 5.74) is 1.98. The van der Waals surface area contributed by atoms with E-state index in [1.165, 1.54) is 12.5 Å². The van der Waals surface area contributed by atoms with E-state index in [4.69, 9.17) is 0 Å². The second-order valence-corrected chi connectivity index (χ2v) is 4.40. The monoisotopic (exact) mass is 279 g/mol. The molecule has 0 unspecified atom stereocenters. The summed E-state index contributed by atoms with van der Waals surface area (Å²) in [5, 5.41) is 0. The summed E-state index contributed by atoms with van der Waals surface area (Å²) >= 11 is 3.16. The van der Waals surface area contributed by atoms with Crippen LogP contribution in [-0.2, 0) is 6.54 Å². The molecule has 0 fully saturated rings. The number of nitrogens with zero attached hydrogens (tertiary/aromatic N) is 3. The van der Waals surface area contributed by atoms with Crippen LogP contribution in [0.1, 0.15) is 11.1 Å². The van der Waals surface area contributed by atoms with Crippen LogP contribution in [0.25, 0.3) is 0 Å². The van der Waals surface area contributed by atoms with Crippen molar-refractivity contribution in [1.82, 2.24) is 14.5 Å². The third-order valence-corrected chi connectivity index (χ3v) is 2.69. The highest BCUT2D eigenvalue weighted by Gasteiger charge is 2.02. The zero-order valence-electron chi connectivity index (χ0n) is 8.72. The van der Waals surface area contributed by atoms with Crippen molar-refractivity contribution in [1.29, 1.82) is 0 Å². The molecule has 0 aliphatic rings. The predicted molar refractivity (Wildman–Crippen MR) is 64.3 cm³/mol. The van der Waals surface area contributed by atoms with Gasteiger partial charge in [0.15, 0.2) is 0 Å². The normalized spacial score (nSPS) is 10.4. The zero-order chi connectivity index (χ0) is 11.5. The fourth-order valence-corrected chi connectivity index (χ4v) is 1.78. The first kappa shape index (κ1) is 11.0.